The maximum absolute atomic E-state index is 14.4. The Labute approximate surface area is 276 Å². The summed E-state index contributed by atoms with van der Waals surface area (Å²) in [7, 11) is -4.14. The van der Waals surface area contributed by atoms with Gasteiger partial charge in [0.05, 0.1) is 10.6 Å². The molecule has 44 heavy (non-hydrogen) atoms. The summed E-state index contributed by atoms with van der Waals surface area (Å²) in [6.45, 7) is 2.13. The monoisotopic (exact) mass is 739 g/mol. The van der Waals surface area contributed by atoms with E-state index in [0.717, 1.165) is 32.7 Å². The molecule has 0 aliphatic carbocycles. The number of hydrogen-bond donors (Lipinski definition) is 1. The Morgan fingerprint density at radius 1 is 0.795 bits per heavy atom. The van der Waals surface area contributed by atoms with Crippen LogP contribution in [0, 0.1) is 0 Å². The number of rotatable bonds is 14. The van der Waals surface area contributed by atoms with Gasteiger partial charge >= 0.3 is 0 Å². The summed E-state index contributed by atoms with van der Waals surface area (Å²) in [6.07, 6.45) is 1.98. The second-order valence-electron chi connectivity index (χ2n) is 10.3. The van der Waals surface area contributed by atoms with Gasteiger partial charge in [-0.3, -0.25) is 13.9 Å². The Morgan fingerprint density at radius 2 is 1.45 bits per heavy atom. The molecule has 4 aromatic rings. The molecule has 0 aromatic heterocycles. The van der Waals surface area contributed by atoms with Gasteiger partial charge in [0.2, 0.25) is 11.8 Å². The van der Waals surface area contributed by atoms with Crippen LogP contribution < -0.4 is 9.62 Å². The Balaban J connectivity index is 1.78. The fraction of sp³-hybridized carbons (Fsp3) is 0.235. The quantitative estimate of drug-likeness (QED) is 0.142. The van der Waals surface area contributed by atoms with Crippen molar-refractivity contribution in [3.8, 4) is 0 Å². The fourth-order valence-corrected chi connectivity index (χ4v) is 6.80. The highest BCUT2D eigenvalue weighted by molar-refractivity contribution is 9.10. The average Bonchev–Trinajstić information content (AvgIpc) is 3.03. The largest absolute Gasteiger partial charge is 0.354 e. The van der Waals surface area contributed by atoms with Crippen LogP contribution in [0.4, 0.5) is 5.69 Å². The normalized spacial score (nSPS) is 11.9. The van der Waals surface area contributed by atoms with Crippen molar-refractivity contribution >= 4 is 59.4 Å². The van der Waals surface area contributed by atoms with E-state index >= 15 is 0 Å². The van der Waals surface area contributed by atoms with E-state index < -0.39 is 28.5 Å². The van der Waals surface area contributed by atoms with Crippen LogP contribution in [0.25, 0.3) is 0 Å². The van der Waals surface area contributed by atoms with Gasteiger partial charge in [0.15, 0.2) is 0 Å². The van der Waals surface area contributed by atoms with Crippen LogP contribution in [-0.4, -0.2) is 44.3 Å². The fourth-order valence-electron chi connectivity index (χ4n) is 4.73. The molecule has 0 aliphatic heterocycles. The number of benzene rings is 4. The number of nitrogens with one attached hydrogen (secondary N) is 1. The minimum absolute atomic E-state index is 0.0605. The molecule has 7 nitrogen and oxygen atoms in total. The molecule has 0 radical (unpaired) electrons. The number of unbranched alkanes of at least 4 members (excludes halogenated alkanes) is 1. The Bertz CT molecular complexity index is 1640. The lowest BCUT2D eigenvalue weighted by Gasteiger charge is -2.34. The van der Waals surface area contributed by atoms with E-state index in [4.69, 9.17) is 0 Å². The van der Waals surface area contributed by atoms with Gasteiger partial charge in [0, 0.05) is 28.5 Å². The van der Waals surface area contributed by atoms with Gasteiger partial charge in [0.1, 0.15) is 12.6 Å². The van der Waals surface area contributed by atoms with Gasteiger partial charge in [-0.2, -0.15) is 0 Å². The zero-order chi connectivity index (χ0) is 31.5. The molecule has 0 heterocycles. The van der Waals surface area contributed by atoms with E-state index in [1.165, 1.54) is 17.0 Å². The van der Waals surface area contributed by atoms with Crippen molar-refractivity contribution in [1.82, 2.24) is 10.2 Å². The third kappa shape index (κ3) is 9.03. The van der Waals surface area contributed by atoms with E-state index in [2.05, 4.69) is 37.2 Å². The first kappa shape index (κ1) is 33.4. The predicted molar refractivity (Wildman–Crippen MR) is 182 cm³/mol. The van der Waals surface area contributed by atoms with E-state index in [9.17, 15) is 18.0 Å². The van der Waals surface area contributed by atoms with Gasteiger partial charge in [0.25, 0.3) is 10.0 Å². The van der Waals surface area contributed by atoms with Crippen molar-refractivity contribution in [2.45, 2.75) is 43.7 Å². The van der Waals surface area contributed by atoms with E-state index in [-0.39, 0.29) is 23.8 Å². The summed E-state index contributed by atoms with van der Waals surface area (Å²) in [4.78, 5) is 29.8. The molecule has 1 atom stereocenters. The lowest BCUT2D eigenvalue weighted by molar-refractivity contribution is -0.140. The maximum atomic E-state index is 14.4. The Kier molecular flexibility index (Phi) is 12.2. The van der Waals surface area contributed by atoms with Crippen LogP contribution in [0.2, 0.25) is 0 Å². The highest BCUT2D eigenvalue weighted by atomic mass is 79.9. The molecule has 1 N–H and O–H groups in total. The lowest BCUT2D eigenvalue weighted by atomic mass is 10.0. The summed E-state index contributed by atoms with van der Waals surface area (Å²) in [5, 5.41) is 3.00. The van der Waals surface area contributed by atoms with E-state index in [1.807, 2.05) is 61.5 Å². The molecular weight excluding hydrogens is 706 g/mol. The average molecular weight is 742 g/mol. The summed E-state index contributed by atoms with van der Waals surface area (Å²) < 4.78 is 30.7. The summed E-state index contributed by atoms with van der Waals surface area (Å²) in [5.74, 6) is -0.786. The number of halogens is 2. The van der Waals surface area contributed by atoms with E-state index in [0.29, 0.717) is 16.7 Å². The first-order valence-corrected chi connectivity index (χ1v) is 17.4. The zero-order valence-electron chi connectivity index (χ0n) is 24.4. The zero-order valence-corrected chi connectivity index (χ0v) is 28.4. The predicted octanol–water partition coefficient (Wildman–Crippen LogP) is 6.96. The molecule has 2 amide bonds. The van der Waals surface area contributed by atoms with Crippen molar-refractivity contribution in [2.24, 2.45) is 0 Å². The molecule has 230 valence electrons. The lowest BCUT2D eigenvalue weighted by Crippen LogP contribution is -2.53. The number of nitrogens with zero attached hydrogens (tertiary/aromatic N) is 2. The molecular formula is C34H35Br2N3O4S. The van der Waals surface area contributed by atoms with Crippen LogP contribution in [0.1, 0.15) is 30.9 Å². The van der Waals surface area contributed by atoms with Crippen molar-refractivity contribution in [3.63, 3.8) is 0 Å². The minimum atomic E-state index is -4.14. The SMILES string of the molecule is CCCCNC(=O)C(Cc1ccccc1)N(Cc1ccc(Br)cc1)C(=O)CN(c1cccc(Br)c1)S(=O)(=O)c1ccccc1. The van der Waals surface area contributed by atoms with Gasteiger partial charge in [-0.15, -0.1) is 0 Å². The number of carbonyl (C=O) groups excluding carboxylic acids is 2. The number of sulfonamides is 1. The molecule has 4 aromatic carbocycles. The molecule has 0 saturated heterocycles. The molecule has 4 rings (SSSR count). The maximum Gasteiger partial charge on any atom is 0.264 e. The second-order valence-corrected chi connectivity index (χ2v) is 14.0. The smallest absolute Gasteiger partial charge is 0.264 e. The van der Waals surface area contributed by atoms with Crippen LogP contribution >= 0.6 is 31.9 Å². The first-order valence-electron chi connectivity index (χ1n) is 14.4. The van der Waals surface area contributed by atoms with Crippen LogP contribution in [0.3, 0.4) is 0 Å². The third-order valence-electron chi connectivity index (χ3n) is 7.07. The summed E-state index contributed by atoms with van der Waals surface area (Å²) >= 11 is 6.89. The topological polar surface area (TPSA) is 86.8 Å². The molecule has 0 saturated carbocycles. The van der Waals surface area contributed by atoms with Crippen LogP contribution in [0.15, 0.2) is 123 Å². The standard InChI is InChI=1S/C34H35Br2N3O4S/c1-2-3-21-37-34(41)32(22-26-11-6-4-7-12-26)38(24-27-17-19-28(35)20-18-27)33(40)25-39(30-14-10-13-29(36)23-30)44(42,43)31-15-8-5-9-16-31/h4-20,23,32H,2-3,21-22,24-25H2,1H3,(H,37,41). The van der Waals surface area contributed by atoms with Crippen molar-refractivity contribution < 1.29 is 18.0 Å². The number of amides is 2. The van der Waals surface area contributed by atoms with Gasteiger partial charge in [-0.25, -0.2) is 8.42 Å². The Hall–Kier alpha value is -3.47. The second kappa shape index (κ2) is 16.0. The molecule has 0 aliphatic rings. The van der Waals surface area contributed by atoms with Crippen molar-refractivity contribution in [1.29, 1.82) is 0 Å². The highest BCUT2D eigenvalue weighted by Gasteiger charge is 2.34. The highest BCUT2D eigenvalue weighted by Crippen LogP contribution is 2.27. The first-order chi connectivity index (χ1) is 21.2. The summed E-state index contributed by atoms with van der Waals surface area (Å²) in [6, 6.07) is 31.0. The third-order valence-corrected chi connectivity index (χ3v) is 9.88. The van der Waals surface area contributed by atoms with Gasteiger partial charge in [-0.05, 0) is 60.0 Å². The van der Waals surface area contributed by atoms with E-state index in [1.54, 1.807) is 42.5 Å². The molecule has 0 fully saturated rings. The Morgan fingerprint density at radius 3 is 2.09 bits per heavy atom. The van der Waals surface area contributed by atoms with Crippen LogP contribution in [0.5, 0.6) is 0 Å². The number of carbonyl (C=O) groups is 2. The van der Waals surface area contributed by atoms with Crippen molar-refractivity contribution in [3.05, 3.63) is 129 Å². The van der Waals surface area contributed by atoms with Gasteiger partial charge in [-0.1, -0.05) is 112 Å². The molecule has 10 heteroatoms. The molecule has 0 bridgehead atoms. The molecule has 0 spiro atoms. The molecule has 1 unspecified atom stereocenters. The summed E-state index contributed by atoms with van der Waals surface area (Å²) in [5.41, 5.74) is 2.02. The minimum Gasteiger partial charge on any atom is -0.354 e. The van der Waals surface area contributed by atoms with Crippen molar-refractivity contribution in [2.75, 3.05) is 17.4 Å². The van der Waals surface area contributed by atoms with Crippen LogP contribution in [-0.2, 0) is 32.6 Å². The van der Waals surface area contributed by atoms with Gasteiger partial charge < -0.3 is 10.2 Å². The number of anilines is 1. The number of hydrogen-bond acceptors (Lipinski definition) is 4.